The Hall–Kier alpha value is -3.20. The molecule has 0 radical (unpaired) electrons. The minimum Gasteiger partial charge on any atom is -0.465 e. The van der Waals surface area contributed by atoms with Gasteiger partial charge in [-0.2, -0.15) is 0 Å². The van der Waals surface area contributed by atoms with E-state index < -0.39 is 30.4 Å². The summed E-state index contributed by atoms with van der Waals surface area (Å²) >= 11 is 3.42. The van der Waals surface area contributed by atoms with Crippen LogP contribution in [-0.4, -0.2) is 37.5 Å². The van der Waals surface area contributed by atoms with E-state index in [0.29, 0.717) is 16.9 Å². The fraction of sp³-hybridized carbons (Fsp3) is 0.273. The highest BCUT2D eigenvalue weighted by Crippen LogP contribution is 2.24. The maximum absolute atomic E-state index is 12.0. The molecule has 0 bridgehead atoms. The summed E-state index contributed by atoms with van der Waals surface area (Å²) in [6.45, 7) is 3.31. The maximum atomic E-state index is 12.0. The summed E-state index contributed by atoms with van der Waals surface area (Å²) in [6, 6.07) is 9.85. The average Bonchev–Trinajstić information content (AvgIpc) is 2.74. The molecular weight excluding hydrogens is 468 g/mol. The lowest BCUT2D eigenvalue weighted by atomic mass is 10.1. The molecule has 164 valence electrons. The van der Waals surface area contributed by atoms with Crippen molar-refractivity contribution in [3.05, 3.63) is 57.6 Å². The van der Waals surface area contributed by atoms with Gasteiger partial charge in [0.15, 0.2) is 6.61 Å². The third kappa shape index (κ3) is 7.53. The molecule has 0 saturated carbocycles. The number of esters is 2. The summed E-state index contributed by atoms with van der Waals surface area (Å²) < 4.78 is 10.5. The van der Waals surface area contributed by atoms with Crippen molar-refractivity contribution < 1.29 is 28.7 Å². The second kappa shape index (κ2) is 11.3. The number of rotatable bonds is 8. The number of amides is 2. The predicted molar refractivity (Wildman–Crippen MR) is 119 cm³/mol. The van der Waals surface area contributed by atoms with Crippen LogP contribution in [0, 0.1) is 13.8 Å². The van der Waals surface area contributed by atoms with E-state index in [2.05, 4.69) is 31.3 Å². The average molecular weight is 491 g/mol. The monoisotopic (exact) mass is 490 g/mol. The van der Waals surface area contributed by atoms with Crippen LogP contribution in [0.5, 0.6) is 0 Å². The number of anilines is 2. The van der Waals surface area contributed by atoms with Gasteiger partial charge in [0.1, 0.15) is 0 Å². The van der Waals surface area contributed by atoms with Crippen LogP contribution in [0.15, 0.2) is 40.9 Å². The number of hydrogen-bond donors (Lipinski definition) is 2. The first-order valence-corrected chi connectivity index (χ1v) is 10.2. The van der Waals surface area contributed by atoms with E-state index in [1.54, 1.807) is 12.1 Å². The van der Waals surface area contributed by atoms with E-state index in [0.717, 1.165) is 15.6 Å². The van der Waals surface area contributed by atoms with Gasteiger partial charge < -0.3 is 20.1 Å². The number of hydrogen-bond acceptors (Lipinski definition) is 6. The molecule has 2 rings (SSSR count). The molecule has 0 aliphatic rings. The Morgan fingerprint density at radius 3 is 2.23 bits per heavy atom. The molecule has 0 aliphatic heterocycles. The third-order valence-electron chi connectivity index (χ3n) is 4.29. The van der Waals surface area contributed by atoms with E-state index in [4.69, 9.17) is 4.74 Å². The lowest BCUT2D eigenvalue weighted by Gasteiger charge is -2.11. The Kier molecular flexibility index (Phi) is 8.75. The molecule has 0 aromatic heterocycles. The van der Waals surface area contributed by atoms with Gasteiger partial charge in [-0.1, -0.05) is 15.9 Å². The van der Waals surface area contributed by atoms with Crippen LogP contribution in [0.1, 0.15) is 34.3 Å². The van der Waals surface area contributed by atoms with Crippen molar-refractivity contribution >= 4 is 51.1 Å². The first kappa shape index (κ1) is 24.1. The number of carbonyl (C=O) groups is 4. The maximum Gasteiger partial charge on any atom is 0.337 e. The Labute approximate surface area is 188 Å². The number of nitrogens with one attached hydrogen (secondary N) is 2. The highest BCUT2D eigenvalue weighted by Gasteiger charge is 2.13. The first-order chi connectivity index (χ1) is 14.7. The Balaban J connectivity index is 1.74. The largest absolute Gasteiger partial charge is 0.465 e. The third-order valence-corrected chi connectivity index (χ3v) is 5.14. The second-order valence-corrected chi connectivity index (χ2v) is 7.60. The van der Waals surface area contributed by atoms with E-state index in [1.807, 2.05) is 26.0 Å². The van der Waals surface area contributed by atoms with Crippen molar-refractivity contribution in [1.29, 1.82) is 0 Å². The van der Waals surface area contributed by atoms with Crippen LogP contribution in [0.25, 0.3) is 0 Å². The SMILES string of the molecule is COC(=O)c1ccc(NC(=O)CCC(=O)OCC(=O)Nc2cc(C)c(Br)cc2C)cc1. The van der Waals surface area contributed by atoms with Gasteiger partial charge in [0.05, 0.1) is 19.1 Å². The summed E-state index contributed by atoms with van der Waals surface area (Å²) in [7, 11) is 1.28. The molecule has 0 heterocycles. The summed E-state index contributed by atoms with van der Waals surface area (Å²) in [5.74, 6) is -1.99. The predicted octanol–water partition coefficient (Wildman–Crippen LogP) is 3.75. The molecular formula is C22H23BrN2O6. The number of ether oxygens (including phenoxy) is 2. The molecule has 0 atom stereocenters. The molecule has 0 fully saturated rings. The second-order valence-electron chi connectivity index (χ2n) is 6.74. The molecule has 0 unspecified atom stereocenters. The molecule has 0 aliphatic carbocycles. The van der Waals surface area contributed by atoms with Gasteiger partial charge in [0, 0.05) is 22.3 Å². The van der Waals surface area contributed by atoms with Gasteiger partial charge in [-0.3, -0.25) is 14.4 Å². The molecule has 9 heteroatoms. The van der Waals surface area contributed by atoms with Crippen molar-refractivity contribution in [2.75, 3.05) is 24.4 Å². The van der Waals surface area contributed by atoms with Crippen molar-refractivity contribution in [3.63, 3.8) is 0 Å². The number of aryl methyl sites for hydroxylation is 2. The first-order valence-electron chi connectivity index (χ1n) is 9.40. The van der Waals surface area contributed by atoms with Crippen molar-refractivity contribution in [3.8, 4) is 0 Å². The smallest absolute Gasteiger partial charge is 0.337 e. The molecule has 31 heavy (non-hydrogen) atoms. The summed E-state index contributed by atoms with van der Waals surface area (Å²) in [5.41, 5.74) is 3.30. The van der Waals surface area contributed by atoms with Crippen LogP contribution in [0.3, 0.4) is 0 Å². The molecule has 2 aromatic rings. The topological polar surface area (TPSA) is 111 Å². The minimum atomic E-state index is -0.657. The van der Waals surface area contributed by atoms with E-state index in [-0.39, 0.29) is 12.8 Å². The molecule has 0 spiro atoms. The van der Waals surface area contributed by atoms with E-state index in [1.165, 1.54) is 19.2 Å². The Bertz CT molecular complexity index is 988. The van der Waals surface area contributed by atoms with Gasteiger partial charge in [-0.05, 0) is 61.4 Å². The van der Waals surface area contributed by atoms with Gasteiger partial charge in [-0.25, -0.2) is 4.79 Å². The van der Waals surface area contributed by atoms with Crippen LogP contribution in [-0.2, 0) is 23.9 Å². The molecule has 2 N–H and O–H groups in total. The standard InChI is InChI=1S/C22H23BrN2O6/c1-13-11-18(14(2)10-17(13)23)25-20(27)12-31-21(28)9-8-19(26)24-16-6-4-15(5-7-16)22(29)30-3/h4-7,10-11H,8-9,12H2,1-3H3,(H,24,26)(H,25,27). The Morgan fingerprint density at radius 1 is 0.903 bits per heavy atom. The lowest BCUT2D eigenvalue weighted by Crippen LogP contribution is -2.22. The molecule has 0 saturated heterocycles. The molecule has 2 aromatic carbocycles. The fourth-order valence-electron chi connectivity index (χ4n) is 2.57. The van der Waals surface area contributed by atoms with Crippen molar-refractivity contribution in [1.82, 2.24) is 0 Å². The number of benzene rings is 2. The zero-order valence-corrected chi connectivity index (χ0v) is 19.0. The lowest BCUT2D eigenvalue weighted by molar-refractivity contribution is -0.147. The van der Waals surface area contributed by atoms with Gasteiger partial charge in [0.2, 0.25) is 5.91 Å². The highest BCUT2D eigenvalue weighted by molar-refractivity contribution is 9.10. The van der Waals surface area contributed by atoms with Crippen LogP contribution in [0.2, 0.25) is 0 Å². The van der Waals surface area contributed by atoms with Crippen LogP contribution in [0.4, 0.5) is 11.4 Å². The number of carbonyl (C=O) groups excluding carboxylic acids is 4. The van der Waals surface area contributed by atoms with Crippen molar-refractivity contribution in [2.24, 2.45) is 0 Å². The summed E-state index contributed by atoms with van der Waals surface area (Å²) in [6.07, 6.45) is -0.278. The zero-order chi connectivity index (χ0) is 23.0. The van der Waals surface area contributed by atoms with E-state index in [9.17, 15) is 19.2 Å². The minimum absolute atomic E-state index is 0.107. The highest BCUT2D eigenvalue weighted by atomic mass is 79.9. The fourth-order valence-corrected chi connectivity index (χ4v) is 3.02. The Morgan fingerprint density at radius 2 is 1.58 bits per heavy atom. The van der Waals surface area contributed by atoms with Gasteiger partial charge in [-0.15, -0.1) is 0 Å². The zero-order valence-electron chi connectivity index (χ0n) is 17.4. The van der Waals surface area contributed by atoms with Gasteiger partial charge >= 0.3 is 11.9 Å². The number of halogens is 1. The normalized spacial score (nSPS) is 10.2. The van der Waals surface area contributed by atoms with E-state index >= 15 is 0 Å². The van der Waals surface area contributed by atoms with Crippen molar-refractivity contribution in [2.45, 2.75) is 26.7 Å². The summed E-state index contributed by atoms with van der Waals surface area (Å²) in [4.78, 5) is 47.2. The quantitative estimate of drug-likeness (QED) is 0.545. The van der Waals surface area contributed by atoms with Gasteiger partial charge in [0.25, 0.3) is 5.91 Å². The van der Waals surface area contributed by atoms with Crippen LogP contribution < -0.4 is 10.6 Å². The molecule has 8 nitrogen and oxygen atoms in total. The molecule has 2 amide bonds. The van der Waals surface area contributed by atoms with Crippen LogP contribution >= 0.6 is 15.9 Å². The summed E-state index contributed by atoms with van der Waals surface area (Å²) in [5, 5.41) is 5.31. The number of methoxy groups -OCH3 is 1.